The van der Waals surface area contributed by atoms with E-state index in [1.54, 1.807) is 0 Å². The van der Waals surface area contributed by atoms with Gasteiger partial charge in [-0.2, -0.15) is 0 Å². The van der Waals surface area contributed by atoms with E-state index in [9.17, 15) is 0 Å². The highest BCUT2D eigenvalue weighted by Gasteiger charge is 2.35. The quantitative estimate of drug-likeness (QED) is 0.151. The van der Waals surface area contributed by atoms with Crippen LogP contribution in [-0.4, -0.2) is 21.7 Å². The summed E-state index contributed by atoms with van der Waals surface area (Å²) in [5.41, 5.74) is 23.6. The summed E-state index contributed by atoms with van der Waals surface area (Å²) in [5.74, 6) is 0. The maximum atomic E-state index is 4.83. The highest BCUT2D eigenvalue weighted by atomic mass is 14.7. The second kappa shape index (κ2) is 14.3. The molecular formula is C45H48BN3. The number of benzene rings is 3. The number of rotatable bonds is 9. The number of nitrogens with zero attached hydrogens (tertiary/aromatic N) is 3. The standard InChI is InChI=1S/C45H48BN3/c1-28-22-31(4)40(25-37-16-10-13-19-47-37)43(34(28)7)46(44-35(8)29(2)23-32(5)41(44)26-38-17-11-14-20-48-38)45-36(9)30(3)24-33(6)42(45)27-39-18-12-15-21-49-39/h10-24H,25-27H2,1-9H3. The molecule has 0 aliphatic heterocycles. The minimum Gasteiger partial charge on any atom is -0.261 e. The molecule has 0 atom stereocenters. The first-order valence-electron chi connectivity index (χ1n) is 17.5. The molecule has 0 amide bonds. The lowest BCUT2D eigenvalue weighted by Gasteiger charge is -2.32. The third kappa shape index (κ3) is 6.88. The van der Waals surface area contributed by atoms with E-state index in [1.807, 2.05) is 36.8 Å². The summed E-state index contributed by atoms with van der Waals surface area (Å²) < 4.78 is 0. The Kier molecular flexibility index (Phi) is 9.97. The molecule has 0 unspecified atom stereocenters. The second-order valence-electron chi connectivity index (χ2n) is 14.0. The summed E-state index contributed by atoms with van der Waals surface area (Å²) in [6, 6.07) is 25.9. The maximum Gasteiger partial charge on any atom is 0.243 e. The summed E-state index contributed by atoms with van der Waals surface area (Å²) >= 11 is 0. The molecule has 0 saturated heterocycles. The van der Waals surface area contributed by atoms with Crippen LogP contribution in [0.2, 0.25) is 0 Å². The van der Waals surface area contributed by atoms with Crippen LogP contribution in [0.4, 0.5) is 0 Å². The van der Waals surface area contributed by atoms with Crippen molar-refractivity contribution in [3.8, 4) is 0 Å². The van der Waals surface area contributed by atoms with Crippen molar-refractivity contribution in [3.63, 3.8) is 0 Å². The largest absolute Gasteiger partial charge is 0.261 e. The van der Waals surface area contributed by atoms with E-state index in [2.05, 4.69) is 117 Å². The Hall–Kier alpha value is -4.83. The summed E-state index contributed by atoms with van der Waals surface area (Å²) in [6.45, 7) is 20.7. The molecule has 6 rings (SSSR count). The molecule has 0 bridgehead atoms. The van der Waals surface area contributed by atoms with Gasteiger partial charge in [-0.05, 0) is 149 Å². The van der Waals surface area contributed by atoms with Gasteiger partial charge in [0, 0.05) is 54.9 Å². The molecule has 0 N–H and O–H groups in total. The topological polar surface area (TPSA) is 38.7 Å². The second-order valence-corrected chi connectivity index (χ2v) is 14.0. The van der Waals surface area contributed by atoms with E-state index in [0.717, 1.165) is 36.3 Å². The lowest BCUT2D eigenvalue weighted by atomic mass is 9.32. The molecule has 0 radical (unpaired) electrons. The third-order valence-electron chi connectivity index (χ3n) is 10.8. The SMILES string of the molecule is Cc1cc(C)c(Cc2ccccn2)c(B(c2c(C)c(C)cc(C)c2Cc2ccccn2)c2c(C)c(C)cc(C)c2Cc2ccccn2)c1C. The van der Waals surface area contributed by atoms with E-state index < -0.39 is 0 Å². The van der Waals surface area contributed by atoms with Crippen LogP contribution < -0.4 is 16.4 Å². The molecule has 0 aliphatic carbocycles. The first kappa shape index (κ1) is 34.1. The van der Waals surface area contributed by atoms with E-state index >= 15 is 0 Å². The van der Waals surface area contributed by atoms with Crippen LogP contribution in [0.25, 0.3) is 0 Å². The Balaban J connectivity index is 1.77. The number of hydrogen-bond acceptors (Lipinski definition) is 3. The average molecular weight is 642 g/mol. The average Bonchev–Trinajstić information content (AvgIpc) is 3.09. The zero-order chi connectivity index (χ0) is 34.8. The van der Waals surface area contributed by atoms with Crippen molar-refractivity contribution in [2.24, 2.45) is 0 Å². The zero-order valence-electron chi connectivity index (χ0n) is 30.7. The Morgan fingerprint density at radius 1 is 0.388 bits per heavy atom. The fourth-order valence-corrected chi connectivity index (χ4v) is 7.87. The molecule has 3 heterocycles. The summed E-state index contributed by atoms with van der Waals surface area (Å²) in [4.78, 5) is 14.5. The first-order chi connectivity index (χ1) is 23.5. The van der Waals surface area contributed by atoms with Crippen molar-refractivity contribution in [2.45, 2.75) is 81.6 Å². The van der Waals surface area contributed by atoms with Gasteiger partial charge in [0.1, 0.15) is 0 Å². The summed E-state index contributed by atoms with van der Waals surface area (Å²) in [5, 5.41) is 0. The van der Waals surface area contributed by atoms with Gasteiger partial charge in [-0.25, -0.2) is 0 Å². The van der Waals surface area contributed by atoms with Crippen molar-refractivity contribution in [1.82, 2.24) is 15.0 Å². The van der Waals surface area contributed by atoms with Crippen LogP contribution in [0.15, 0.2) is 91.4 Å². The minimum atomic E-state index is -0.00747. The van der Waals surface area contributed by atoms with Gasteiger partial charge in [0.15, 0.2) is 0 Å². The van der Waals surface area contributed by atoms with Gasteiger partial charge in [-0.15, -0.1) is 0 Å². The van der Waals surface area contributed by atoms with Crippen LogP contribution in [0.5, 0.6) is 0 Å². The molecule has 0 fully saturated rings. The Morgan fingerprint density at radius 2 is 0.673 bits per heavy atom. The highest BCUT2D eigenvalue weighted by molar-refractivity contribution is 6.97. The Morgan fingerprint density at radius 3 is 0.918 bits per heavy atom. The van der Waals surface area contributed by atoms with E-state index in [4.69, 9.17) is 15.0 Å². The van der Waals surface area contributed by atoms with Crippen LogP contribution in [0.1, 0.15) is 83.8 Å². The molecular weight excluding hydrogens is 593 g/mol. The van der Waals surface area contributed by atoms with Crippen molar-refractivity contribution >= 4 is 23.1 Å². The van der Waals surface area contributed by atoms with E-state index in [1.165, 1.54) is 83.1 Å². The minimum absolute atomic E-state index is 0.00747. The van der Waals surface area contributed by atoms with Crippen LogP contribution >= 0.6 is 0 Å². The number of hydrogen-bond donors (Lipinski definition) is 0. The van der Waals surface area contributed by atoms with Gasteiger partial charge in [0.05, 0.1) is 0 Å². The van der Waals surface area contributed by atoms with Crippen molar-refractivity contribution in [3.05, 3.63) is 175 Å². The molecule has 3 nitrogen and oxygen atoms in total. The molecule has 246 valence electrons. The molecule has 0 aliphatic rings. The molecule has 3 aromatic carbocycles. The zero-order valence-corrected chi connectivity index (χ0v) is 30.7. The van der Waals surface area contributed by atoms with Gasteiger partial charge in [-0.3, -0.25) is 15.0 Å². The van der Waals surface area contributed by atoms with Crippen LogP contribution in [0, 0.1) is 62.3 Å². The Bertz CT molecular complexity index is 1880. The number of aryl methyl sites for hydroxylation is 6. The van der Waals surface area contributed by atoms with Gasteiger partial charge in [0.25, 0.3) is 0 Å². The lowest BCUT2D eigenvalue weighted by Crippen LogP contribution is -2.59. The fraction of sp³-hybridized carbons (Fsp3) is 0.267. The Labute approximate surface area is 294 Å². The molecule has 0 spiro atoms. The van der Waals surface area contributed by atoms with Gasteiger partial charge in [0.2, 0.25) is 6.71 Å². The normalized spacial score (nSPS) is 11.2. The molecule has 6 aromatic rings. The summed E-state index contributed by atoms with van der Waals surface area (Å²) in [6.07, 6.45) is 8.08. The molecule has 0 saturated carbocycles. The molecule has 4 heteroatoms. The smallest absolute Gasteiger partial charge is 0.243 e. The number of pyridine rings is 3. The monoisotopic (exact) mass is 641 g/mol. The van der Waals surface area contributed by atoms with Crippen LogP contribution in [0.3, 0.4) is 0 Å². The highest BCUT2D eigenvalue weighted by Crippen LogP contribution is 2.25. The van der Waals surface area contributed by atoms with Gasteiger partial charge in [-0.1, -0.05) is 69.5 Å². The maximum absolute atomic E-state index is 4.83. The lowest BCUT2D eigenvalue weighted by molar-refractivity contribution is 1.05. The summed E-state index contributed by atoms with van der Waals surface area (Å²) in [7, 11) is 0. The van der Waals surface area contributed by atoms with E-state index in [-0.39, 0.29) is 6.71 Å². The molecule has 49 heavy (non-hydrogen) atoms. The molecule has 3 aromatic heterocycles. The van der Waals surface area contributed by atoms with E-state index in [0.29, 0.717) is 0 Å². The predicted molar refractivity (Wildman–Crippen MR) is 208 cm³/mol. The predicted octanol–water partition coefficient (Wildman–Crippen LogP) is 7.94. The third-order valence-corrected chi connectivity index (χ3v) is 10.8. The van der Waals surface area contributed by atoms with Gasteiger partial charge >= 0.3 is 0 Å². The number of aromatic nitrogens is 3. The van der Waals surface area contributed by atoms with Crippen LogP contribution in [-0.2, 0) is 19.3 Å². The van der Waals surface area contributed by atoms with Crippen molar-refractivity contribution < 1.29 is 0 Å². The van der Waals surface area contributed by atoms with Crippen molar-refractivity contribution in [1.29, 1.82) is 0 Å². The van der Waals surface area contributed by atoms with Crippen molar-refractivity contribution in [2.75, 3.05) is 0 Å². The fourth-order valence-electron chi connectivity index (χ4n) is 7.87. The van der Waals surface area contributed by atoms with Gasteiger partial charge < -0.3 is 0 Å². The first-order valence-corrected chi connectivity index (χ1v) is 17.5.